The van der Waals surface area contributed by atoms with E-state index in [9.17, 15) is 0 Å². The fourth-order valence-corrected chi connectivity index (χ4v) is 2.46. The van der Waals surface area contributed by atoms with Crippen molar-refractivity contribution in [1.29, 1.82) is 0 Å². The van der Waals surface area contributed by atoms with Crippen LogP contribution < -0.4 is 5.32 Å². The fourth-order valence-electron chi connectivity index (χ4n) is 2.18. The zero-order valence-corrected chi connectivity index (χ0v) is 13.9. The van der Waals surface area contributed by atoms with Gasteiger partial charge in [0.2, 0.25) is 0 Å². The Morgan fingerprint density at radius 1 is 1.14 bits per heavy atom. The number of nitrogens with zero attached hydrogens (tertiary/aromatic N) is 1. The van der Waals surface area contributed by atoms with Crippen LogP contribution in [0.3, 0.4) is 0 Å². The van der Waals surface area contributed by atoms with E-state index in [4.69, 9.17) is 17.0 Å². The molecule has 4 heteroatoms. The number of nitrogens with one attached hydrogen (secondary N) is 1. The third-order valence-corrected chi connectivity index (χ3v) is 3.70. The number of ether oxygens (including phenoxy) is 1. The van der Waals surface area contributed by atoms with Crippen molar-refractivity contribution >= 4 is 23.0 Å². The van der Waals surface area contributed by atoms with Gasteiger partial charge in [0.15, 0.2) is 5.11 Å². The highest BCUT2D eigenvalue weighted by Gasteiger charge is 2.10. The standard InChI is InChI=1S/C18H22N2OS/c1-15-7-6-10-17(13-15)19-18(22)20(11-12-21-2)14-16-8-4-3-5-9-16/h3-10,13H,11-12,14H2,1-2H3,(H,19,22). The molecule has 0 heterocycles. The molecule has 0 atom stereocenters. The molecule has 1 N–H and O–H groups in total. The topological polar surface area (TPSA) is 24.5 Å². The molecular weight excluding hydrogens is 292 g/mol. The minimum Gasteiger partial charge on any atom is -0.383 e. The van der Waals surface area contributed by atoms with Crippen molar-refractivity contribution in [1.82, 2.24) is 4.90 Å². The summed E-state index contributed by atoms with van der Waals surface area (Å²) in [6, 6.07) is 18.5. The molecule has 116 valence electrons. The molecule has 0 saturated carbocycles. The zero-order valence-electron chi connectivity index (χ0n) is 13.1. The third kappa shape index (κ3) is 5.13. The van der Waals surface area contributed by atoms with Crippen molar-refractivity contribution in [2.24, 2.45) is 0 Å². The number of thiocarbonyl (C=S) groups is 1. The Morgan fingerprint density at radius 2 is 1.91 bits per heavy atom. The monoisotopic (exact) mass is 314 g/mol. The van der Waals surface area contributed by atoms with Crippen molar-refractivity contribution in [2.75, 3.05) is 25.6 Å². The van der Waals surface area contributed by atoms with Crippen molar-refractivity contribution in [3.63, 3.8) is 0 Å². The number of rotatable bonds is 6. The van der Waals surface area contributed by atoms with Crippen molar-refractivity contribution in [2.45, 2.75) is 13.5 Å². The van der Waals surface area contributed by atoms with Crippen LogP contribution in [-0.4, -0.2) is 30.3 Å². The first-order valence-corrected chi connectivity index (χ1v) is 7.75. The van der Waals surface area contributed by atoms with Crippen LogP contribution in [0.1, 0.15) is 11.1 Å². The van der Waals surface area contributed by atoms with Gasteiger partial charge in [-0.15, -0.1) is 0 Å². The molecule has 0 fully saturated rings. The first-order chi connectivity index (χ1) is 10.7. The van der Waals surface area contributed by atoms with Crippen LogP contribution in [0, 0.1) is 6.92 Å². The van der Waals surface area contributed by atoms with Crippen LogP contribution in [0.5, 0.6) is 0 Å². The molecule has 0 radical (unpaired) electrons. The number of hydrogen-bond acceptors (Lipinski definition) is 2. The van der Waals surface area contributed by atoms with Gasteiger partial charge in [-0.25, -0.2) is 0 Å². The summed E-state index contributed by atoms with van der Waals surface area (Å²) in [5.74, 6) is 0. The molecular formula is C18H22N2OS. The van der Waals surface area contributed by atoms with Gasteiger partial charge in [-0.1, -0.05) is 42.5 Å². The number of hydrogen-bond donors (Lipinski definition) is 1. The molecule has 2 rings (SSSR count). The number of anilines is 1. The first-order valence-electron chi connectivity index (χ1n) is 7.34. The smallest absolute Gasteiger partial charge is 0.173 e. The van der Waals surface area contributed by atoms with Crippen LogP contribution in [-0.2, 0) is 11.3 Å². The Bertz CT molecular complexity index is 601. The van der Waals surface area contributed by atoms with Crippen molar-refractivity contribution < 1.29 is 4.74 Å². The third-order valence-electron chi connectivity index (χ3n) is 3.34. The SMILES string of the molecule is COCCN(Cc1ccccc1)C(=S)Nc1cccc(C)c1. The van der Waals surface area contributed by atoms with E-state index in [2.05, 4.69) is 41.4 Å². The van der Waals surface area contributed by atoms with E-state index in [1.165, 1.54) is 11.1 Å². The van der Waals surface area contributed by atoms with Gasteiger partial charge in [-0.05, 0) is 42.4 Å². The molecule has 0 spiro atoms. The Labute approximate surface area is 137 Å². The molecule has 0 amide bonds. The Morgan fingerprint density at radius 3 is 2.59 bits per heavy atom. The van der Waals surface area contributed by atoms with Crippen LogP contribution in [0.25, 0.3) is 0 Å². The van der Waals surface area contributed by atoms with Gasteiger partial charge in [0.1, 0.15) is 0 Å². The number of benzene rings is 2. The minimum absolute atomic E-state index is 0.641. The van der Waals surface area contributed by atoms with E-state index in [1.54, 1.807) is 7.11 Å². The second-order valence-corrected chi connectivity index (χ2v) is 5.59. The predicted molar refractivity (Wildman–Crippen MR) is 96.1 cm³/mol. The summed E-state index contributed by atoms with van der Waals surface area (Å²) < 4.78 is 5.20. The van der Waals surface area contributed by atoms with E-state index in [-0.39, 0.29) is 0 Å². The first kappa shape index (κ1) is 16.5. The fraction of sp³-hybridized carbons (Fsp3) is 0.278. The molecule has 22 heavy (non-hydrogen) atoms. The quantitative estimate of drug-likeness (QED) is 0.819. The van der Waals surface area contributed by atoms with E-state index in [0.29, 0.717) is 11.7 Å². The van der Waals surface area contributed by atoms with E-state index in [0.717, 1.165) is 18.8 Å². The summed E-state index contributed by atoms with van der Waals surface area (Å²) in [6.45, 7) is 4.23. The molecule has 0 aliphatic heterocycles. The summed E-state index contributed by atoms with van der Waals surface area (Å²) in [4.78, 5) is 2.12. The van der Waals surface area contributed by atoms with Gasteiger partial charge in [-0.3, -0.25) is 0 Å². The zero-order chi connectivity index (χ0) is 15.8. The highest BCUT2D eigenvalue weighted by molar-refractivity contribution is 7.80. The molecule has 0 bridgehead atoms. The highest BCUT2D eigenvalue weighted by atomic mass is 32.1. The second kappa shape index (κ2) is 8.51. The molecule has 0 aliphatic rings. The summed E-state index contributed by atoms with van der Waals surface area (Å²) in [5.41, 5.74) is 3.45. The van der Waals surface area contributed by atoms with Crippen molar-refractivity contribution in [3.8, 4) is 0 Å². The molecule has 0 aromatic heterocycles. The van der Waals surface area contributed by atoms with Crippen LogP contribution >= 0.6 is 12.2 Å². The van der Waals surface area contributed by atoms with Crippen molar-refractivity contribution in [3.05, 3.63) is 65.7 Å². The Balaban J connectivity index is 2.05. The Hall–Kier alpha value is -1.91. The normalized spacial score (nSPS) is 10.3. The summed E-state index contributed by atoms with van der Waals surface area (Å²) in [6.07, 6.45) is 0. The average molecular weight is 314 g/mol. The maximum Gasteiger partial charge on any atom is 0.173 e. The molecule has 0 saturated heterocycles. The summed E-state index contributed by atoms with van der Waals surface area (Å²) >= 11 is 5.57. The number of methoxy groups -OCH3 is 1. The van der Waals surface area contributed by atoms with E-state index in [1.807, 2.05) is 30.3 Å². The van der Waals surface area contributed by atoms with E-state index < -0.39 is 0 Å². The minimum atomic E-state index is 0.641. The summed E-state index contributed by atoms with van der Waals surface area (Å²) in [7, 11) is 1.71. The lowest BCUT2D eigenvalue weighted by Crippen LogP contribution is -2.36. The molecule has 2 aromatic rings. The van der Waals surface area contributed by atoms with Crippen LogP contribution in [0.2, 0.25) is 0 Å². The van der Waals surface area contributed by atoms with Gasteiger partial charge in [-0.2, -0.15) is 0 Å². The van der Waals surface area contributed by atoms with E-state index >= 15 is 0 Å². The summed E-state index contributed by atoms with van der Waals surface area (Å²) in [5, 5.41) is 4.03. The van der Waals surface area contributed by atoms with Gasteiger partial charge < -0.3 is 15.0 Å². The van der Waals surface area contributed by atoms with Gasteiger partial charge in [0.05, 0.1) is 6.61 Å². The van der Waals surface area contributed by atoms with Gasteiger partial charge >= 0.3 is 0 Å². The van der Waals surface area contributed by atoms with Gasteiger partial charge in [0.25, 0.3) is 0 Å². The number of aryl methyl sites for hydroxylation is 1. The highest BCUT2D eigenvalue weighted by Crippen LogP contribution is 2.12. The maximum atomic E-state index is 5.57. The van der Waals surface area contributed by atoms with Crippen LogP contribution in [0.15, 0.2) is 54.6 Å². The average Bonchev–Trinajstić information content (AvgIpc) is 2.52. The second-order valence-electron chi connectivity index (χ2n) is 5.20. The van der Waals surface area contributed by atoms with Crippen LogP contribution in [0.4, 0.5) is 5.69 Å². The molecule has 0 unspecified atom stereocenters. The van der Waals surface area contributed by atoms with Gasteiger partial charge in [0, 0.05) is 25.9 Å². The maximum absolute atomic E-state index is 5.57. The lowest BCUT2D eigenvalue weighted by atomic mass is 10.2. The molecule has 2 aromatic carbocycles. The Kier molecular flexibility index (Phi) is 6.37. The molecule has 0 aliphatic carbocycles. The predicted octanol–water partition coefficient (Wildman–Crippen LogP) is 3.84. The largest absolute Gasteiger partial charge is 0.383 e. The lowest BCUT2D eigenvalue weighted by molar-refractivity contribution is 0.175. The lowest BCUT2D eigenvalue weighted by Gasteiger charge is -2.26. The molecule has 3 nitrogen and oxygen atoms in total.